The van der Waals surface area contributed by atoms with E-state index in [9.17, 15) is 4.79 Å². The molecule has 0 saturated heterocycles. The summed E-state index contributed by atoms with van der Waals surface area (Å²) in [7, 11) is 0. The largest absolute Gasteiger partial charge is 0.337 e. The van der Waals surface area contributed by atoms with Crippen molar-refractivity contribution in [3.05, 3.63) is 154 Å². The molecule has 0 fully saturated rings. The molecule has 0 bridgehead atoms. The molecule has 1 aromatic heterocycles. The minimum Gasteiger partial charge on any atom is -0.337 e. The van der Waals surface area contributed by atoms with Gasteiger partial charge >= 0.3 is 0 Å². The molecule has 5 aromatic rings. The number of carbonyl (C=O) groups is 1. The maximum absolute atomic E-state index is 14.1. The zero-order chi connectivity index (χ0) is 26.1. The van der Waals surface area contributed by atoms with E-state index in [2.05, 4.69) is 118 Å². The molecule has 0 radical (unpaired) electrons. The number of allylic oxidation sites excluding steroid dienone is 3. The molecule has 0 N–H and O–H groups in total. The Kier molecular flexibility index (Phi) is 6.53. The number of nitrogens with zero attached hydrogens (tertiary/aromatic N) is 1. The fourth-order valence-corrected chi connectivity index (χ4v) is 5.34. The zero-order valence-electron chi connectivity index (χ0n) is 21.1. The lowest BCUT2D eigenvalue weighted by Crippen LogP contribution is -2.06. The SMILES string of the molecule is Cc1ccc(C2=CCn3c(-c4ccccc4)cc(-c4ccccc4)c3C=C2C(=O)c2ccc(Br)cc2)cc1. The van der Waals surface area contributed by atoms with Gasteiger partial charge in [-0.15, -0.1) is 0 Å². The second-order valence-corrected chi connectivity index (χ2v) is 10.5. The van der Waals surface area contributed by atoms with Gasteiger partial charge in [-0.1, -0.05) is 112 Å². The molecular formula is C35H26BrNO. The van der Waals surface area contributed by atoms with E-state index in [0.717, 1.165) is 43.7 Å². The second kappa shape index (κ2) is 10.3. The van der Waals surface area contributed by atoms with Gasteiger partial charge in [-0.25, -0.2) is 0 Å². The standard InChI is InChI=1S/C35H26BrNO/c1-24-12-14-26(15-13-24)30-20-21-37-33(27-10-6-3-7-11-27)22-31(25-8-4-2-5-9-25)34(37)23-32(30)35(38)28-16-18-29(36)19-17-28/h2-20,22-23H,21H2,1H3. The van der Waals surface area contributed by atoms with Gasteiger partial charge in [0.25, 0.3) is 0 Å². The van der Waals surface area contributed by atoms with Crippen molar-refractivity contribution in [1.82, 2.24) is 4.57 Å². The Morgan fingerprint density at radius 2 is 1.37 bits per heavy atom. The molecule has 184 valence electrons. The molecule has 4 aromatic carbocycles. The summed E-state index contributed by atoms with van der Waals surface area (Å²) in [6, 6.07) is 39.2. The highest BCUT2D eigenvalue weighted by atomic mass is 79.9. The number of fused-ring (bicyclic) bond motifs is 1. The molecule has 0 amide bonds. The Morgan fingerprint density at radius 1 is 0.737 bits per heavy atom. The predicted octanol–water partition coefficient (Wildman–Crippen LogP) is 9.26. The van der Waals surface area contributed by atoms with Crippen molar-refractivity contribution in [2.24, 2.45) is 0 Å². The number of ketones is 1. The summed E-state index contributed by atoms with van der Waals surface area (Å²) in [6.07, 6.45) is 4.29. The van der Waals surface area contributed by atoms with Crippen molar-refractivity contribution < 1.29 is 4.79 Å². The number of hydrogen-bond acceptors (Lipinski definition) is 1. The number of rotatable bonds is 5. The number of hydrogen-bond donors (Lipinski definition) is 0. The third-order valence-electron chi connectivity index (χ3n) is 7.06. The van der Waals surface area contributed by atoms with E-state index in [1.807, 2.05) is 36.4 Å². The first-order valence-corrected chi connectivity index (χ1v) is 13.5. The second-order valence-electron chi connectivity index (χ2n) is 9.55. The van der Waals surface area contributed by atoms with Gasteiger partial charge in [-0.2, -0.15) is 0 Å². The lowest BCUT2D eigenvalue weighted by molar-refractivity contribution is 0.104. The summed E-state index contributed by atoms with van der Waals surface area (Å²) < 4.78 is 3.28. The van der Waals surface area contributed by atoms with E-state index < -0.39 is 0 Å². The van der Waals surface area contributed by atoms with Gasteiger partial charge in [-0.3, -0.25) is 4.79 Å². The monoisotopic (exact) mass is 555 g/mol. The first kappa shape index (κ1) is 24.1. The normalized spacial score (nSPS) is 12.8. The Balaban J connectivity index is 1.60. The van der Waals surface area contributed by atoms with Crippen molar-refractivity contribution in [3.63, 3.8) is 0 Å². The van der Waals surface area contributed by atoms with Gasteiger partial charge in [0.15, 0.2) is 5.78 Å². The number of aromatic nitrogens is 1. The quantitative estimate of drug-likeness (QED) is 0.198. The average molecular weight is 557 g/mol. The fourth-order valence-electron chi connectivity index (χ4n) is 5.07. The van der Waals surface area contributed by atoms with Crippen LogP contribution in [0.15, 0.2) is 131 Å². The molecule has 0 saturated carbocycles. The average Bonchev–Trinajstić information content (AvgIpc) is 3.20. The fraction of sp³-hybridized carbons (Fsp3) is 0.0571. The third-order valence-corrected chi connectivity index (χ3v) is 7.58. The molecule has 6 rings (SSSR count). The highest BCUT2D eigenvalue weighted by molar-refractivity contribution is 9.10. The van der Waals surface area contributed by atoms with Gasteiger partial charge in [-0.05, 0) is 65.6 Å². The highest BCUT2D eigenvalue weighted by Crippen LogP contribution is 2.39. The molecule has 0 atom stereocenters. The van der Waals surface area contributed by atoms with Crippen LogP contribution in [0.4, 0.5) is 0 Å². The van der Waals surface area contributed by atoms with Crippen LogP contribution in [0.5, 0.6) is 0 Å². The predicted molar refractivity (Wildman–Crippen MR) is 161 cm³/mol. The molecule has 0 aliphatic carbocycles. The lowest BCUT2D eigenvalue weighted by Gasteiger charge is -2.12. The van der Waals surface area contributed by atoms with Gasteiger partial charge in [0.1, 0.15) is 0 Å². The zero-order valence-corrected chi connectivity index (χ0v) is 22.7. The van der Waals surface area contributed by atoms with E-state index >= 15 is 0 Å². The molecule has 2 nitrogen and oxygen atoms in total. The maximum Gasteiger partial charge on any atom is 0.193 e. The van der Waals surface area contributed by atoms with Crippen molar-refractivity contribution in [3.8, 4) is 22.4 Å². The minimum atomic E-state index is 0.0132. The first-order chi connectivity index (χ1) is 18.6. The molecule has 0 spiro atoms. The van der Waals surface area contributed by atoms with E-state index in [1.54, 1.807) is 0 Å². The molecule has 2 heterocycles. The summed E-state index contributed by atoms with van der Waals surface area (Å²) in [5.41, 5.74) is 10.1. The van der Waals surface area contributed by atoms with Gasteiger partial charge in [0.2, 0.25) is 0 Å². The van der Waals surface area contributed by atoms with Crippen molar-refractivity contribution in [1.29, 1.82) is 0 Å². The summed E-state index contributed by atoms with van der Waals surface area (Å²) in [5, 5.41) is 0. The first-order valence-electron chi connectivity index (χ1n) is 12.7. The van der Waals surface area contributed by atoms with Gasteiger partial charge in [0.05, 0.1) is 5.69 Å². The minimum absolute atomic E-state index is 0.0132. The van der Waals surface area contributed by atoms with E-state index in [-0.39, 0.29) is 5.78 Å². The van der Waals surface area contributed by atoms with E-state index in [1.165, 1.54) is 5.56 Å². The van der Waals surface area contributed by atoms with Crippen LogP contribution in [0.3, 0.4) is 0 Å². The van der Waals surface area contributed by atoms with Crippen LogP contribution in [0.25, 0.3) is 34.0 Å². The molecule has 1 aliphatic heterocycles. The number of benzene rings is 4. The number of halogens is 1. The Bertz CT molecular complexity index is 1670. The number of Topliss-reactive ketones (excluding diaryl/α,β-unsaturated/α-hetero) is 1. The topological polar surface area (TPSA) is 22.0 Å². The Labute approximate surface area is 231 Å². The van der Waals surface area contributed by atoms with Gasteiger partial charge in [0, 0.05) is 33.4 Å². The van der Waals surface area contributed by atoms with Crippen LogP contribution in [0.1, 0.15) is 27.2 Å². The number of aryl methyl sites for hydroxylation is 1. The Morgan fingerprint density at radius 3 is 2.03 bits per heavy atom. The molecule has 0 unspecified atom stereocenters. The van der Waals surface area contributed by atoms with Crippen LogP contribution in [0, 0.1) is 6.92 Å². The highest BCUT2D eigenvalue weighted by Gasteiger charge is 2.24. The molecule has 1 aliphatic rings. The van der Waals surface area contributed by atoms with Crippen LogP contribution in [0.2, 0.25) is 0 Å². The number of carbonyl (C=O) groups excluding carboxylic acids is 1. The lowest BCUT2D eigenvalue weighted by atomic mass is 9.90. The maximum atomic E-state index is 14.1. The smallest absolute Gasteiger partial charge is 0.193 e. The van der Waals surface area contributed by atoms with Crippen LogP contribution in [-0.4, -0.2) is 10.4 Å². The van der Waals surface area contributed by atoms with Crippen molar-refractivity contribution >= 4 is 33.4 Å². The summed E-state index contributed by atoms with van der Waals surface area (Å²) >= 11 is 3.50. The summed E-state index contributed by atoms with van der Waals surface area (Å²) in [6.45, 7) is 2.74. The van der Waals surface area contributed by atoms with E-state index in [0.29, 0.717) is 17.7 Å². The molecule has 3 heteroatoms. The van der Waals surface area contributed by atoms with Crippen LogP contribution >= 0.6 is 15.9 Å². The third kappa shape index (κ3) is 4.62. The molecule has 38 heavy (non-hydrogen) atoms. The van der Waals surface area contributed by atoms with Crippen LogP contribution < -0.4 is 0 Å². The molecular weight excluding hydrogens is 530 g/mol. The Hall–Kier alpha value is -4.21. The summed E-state index contributed by atoms with van der Waals surface area (Å²) in [5.74, 6) is 0.0132. The van der Waals surface area contributed by atoms with Crippen molar-refractivity contribution in [2.75, 3.05) is 0 Å². The van der Waals surface area contributed by atoms with E-state index in [4.69, 9.17) is 0 Å². The van der Waals surface area contributed by atoms with Crippen LogP contribution in [-0.2, 0) is 6.54 Å². The summed E-state index contributed by atoms with van der Waals surface area (Å²) in [4.78, 5) is 14.1. The van der Waals surface area contributed by atoms with Crippen molar-refractivity contribution in [2.45, 2.75) is 13.5 Å². The van der Waals surface area contributed by atoms with Gasteiger partial charge < -0.3 is 4.57 Å².